The fourth-order valence-electron chi connectivity index (χ4n) is 2.29. The molecule has 8 nitrogen and oxygen atoms in total. The van der Waals surface area contributed by atoms with Crippen LogP contribution in [-0.2, 0) is 19.2 Å². The molecule has 0 bridgehead atoms. The molecule has 1 aromatic carbocycles. The van der Waals surface area contributed by atoms with E-state index in [0.717, 1.165) is 9.80 Å². The van der Waals surface area contributed by atoms with E-state index < -0.39 is 29.6 Å². The Morgan fingerprint density at radius 3 is 1.12 bits per heavy atom. The third-order valence-corrected chi connectivity index (χ3v) is 6.31. The lowest BCUT2D eigenvalue weighted by molar-refractivity contribution is -0.125. The van der Waals surface area contributed by atoms with Crippen LogP contribution < -0.4 is 9.80 Å². The number of imide groups is 2. The van der Waals surface area contributed by atoms with E-state index in [1.54, 1.807) is 67.8 Å². The van der Waals surface area contributed by atoms with Crippen LogP contribution in [0.3, 0.4) is 0 Å². The average Bonchev–Trinajstić information content (AvgIpc) is 2.45. The van der Waals surface area contributed by atoms with Crippen LogP contribution in [0.25, 0.3) is 0 Å². The monoisotopic (exact) mass is 698 g/mol. The van der Waals surface area contributed by atoms with E-state index >= 15 is 0 Å². The minimum atomic E-state index is -1.31. The molecule has 0 heterocycles. The van der Waals surface area contributed by atoms with Gasteiger partial charge < -0.3 is 5.11 Å². The van der Waals surface area contributed by atoms with Crippen molar-refractivity contribution < 1.29 is 29.1 Å². The quantitative estimate of drug-likeness (QED) is 0.487. The normalized spacial score (nSPS) is 10.3. The largest absolute Gasteiger partial charge is 0.478 e. The summed E-state index contributed by atoms with van der Waals surface area (Å²) < 4.78 is 0.562. The molecular formula is C15H13I3N2O6. The number of hydrogen-bond acceptors (Lipinski definition) is 5. The summed E-state index contributed by atoms with van der Waals surface area (Å²) in [5, 5.41) is 9.62. The molecule has 0 saturated carbocycles. The van der Waals surface area contributed by atoms with Crippen LogP contribution in [0, 0.1) is 10.7 Å². The number of carboxylic acid groups (broad SMARTS) is 1. The minimum absolute atomic E-state index is 0.0338. The Morgan fingerprint density at radius 1 is 0.654 bits per heavy atom. The number of anilines is 2. The standard InChI is InChI=1S/C15H13I3N2O6/c1-5(21)19(6(2)22)13-10(16)9(15(25)26)11(17)14(12(13)18)20(7(3)23)8(4)24/h1-4H3,(H,25,26). The molecule has 0 aliphatic rings. The molecule has 1 rings (SSSR count). The molecule has 140 valence electrons. The molecule has 0 aliphatic heterocycles. The van der Waals surface area contributed by atoms with Crippen molar-refractivity contribution in [1.29, 1.82) is 0 Å². The van der Waals surface area contributed by atoms with E-state index in [-0.39, 0.29) is 27.6 Å². The van der Waals surface area contributed by atoms with Crippen molar-refractivity contribution in [3.05, 3.63) is 16.3 Å². The summed E-state index contributed by atoms with van der Waals surface area (Å²) in [7, 11) is 0. The van der Waals surface area contributed by atoms with E-state index in [1.807, 2.05) is 0 Å². The zero-order valence-corrected chi connectivity index (χ0v) is 20.5. The summed E-state index contributed by atoms with van der Waals surface area (Å²) in [6, 6.07) is 0. The second-order valence-corrected chi connectivity index (χ2v) is 8.30. The third-order valence-electron chi connectivity index (χ3n) is 3.19. The lowest BCUT2D eigenvalue weighted by atomic mass is 10.1. The Morgan fingerprint density at radius 2 is 0.923 bits per heavy atom. The molecule has 0 aliphatic carbocycles. The molecular weight excluding hydrogens is 685 g/mol. The van der Waals surface area contributed by atoms with Gasteiger partial charge in [-0.2, -0.15) is 0 Å². The first-order chi connectivity index (χ1) is 11.8. The number of carboxylic acids is 1. The number of benzene rings is 1. The van der Waals surface area contributed by atoms with E-state index in [4.69, 9.17) is 0 Å². The Kier molecular flexibility index (Phi) is 7.94. The van der Waals surface area contributed by atoms with E-state index in [2.05, 4.69) is 0 Å². The summed E-state index contributed by atoms with van der Waals surface area (Å²) in [5.41, 5.74) is -0.130. The van der Waals surface area contributed by atoms with Crippen LogP contribution in [0.5, 0.6) is 0 Å². The van der Waals surface area contributed by atoms with Crippen molar-refractivity contribution in [2.75, 3.05) is 9.80 Å². The first kappa shape index (κ1) is 23.2. The predicted molar refractivity (Wildman–Crippen MR) is 119 cm³/mol. The summed E-state index contributed by atoms with van der Waals surface area (Å²) in [4.78, 5) is 61.5. The SMILES string of the molecule is CC(=O)N(C(C)=O)c1c(I)c(C(=O)O)c(I)c(N(C(C)=O)C(C)=O)c1I. The van der Waals surface area contributed by atoms with Gasteiger partial charge in [-0.05, 0) is 67.8 Å². The molecule has 0 atom stereocenters. The van der Waals surface area contributed by atoms with E-state index in [0.29, 0.717) is 0 Å². The first-order valence-corrected chi connectivity index (χ1v) is 10.1. The number of amides is 4. The van der Waals surface area contributed by atoms with Crippen molar-refractivity contribution in [1.82, 2.24) is 0 Å². The van der Waals surface area contributed by atoms with Crippen molar-refractivity contribution in [2.45, 2.75) is 27.7 Å². The molecule has 0 spiro atoms. The Balaban J connectivity index is 4.15. The smallest absolute Gasteiger partial charge is 0.338 e. The molecule has 0 saturated heterocycles. The number of aromatic carboxylic acids is 1. The molecule has 0 fully saturated rings. The van der Waals surface area contributed by atoms with Gasteiger partial charge in [-0.25, -0.2) is 14.6 Å². The average molecular weight is 698 g/mol. The van der Waals surface area contributed by atoms with Gasteiger partial charge in [0, 0.05) is 27.7 Å². The van der Waals surface area contributed by atoms with E-state index in [9.17, 15) is 29.1 Å². The molecule has 4 amide bonds. The van der Waals surface area contributed by atoms with Crippen LogP contribution in [0.15, 0.2) is 0 Å². The number of nitrogens with zero attached hydrogens (tertiary/aromatic N) is 2. The summed E-state index contributed by atoms with van der Waals surface area (Å²) >= 11 is 5.28. The highest BCUT2D eigenvalue weighted by Gasteiger charge is 2.34. The van der Waals surface area contributed by atoms with Gasteiger partial charge in [0.05, 0.1) is 27.6 Å². The maximum atomic E-state index is 12.0. The minimum Gasteiger partial charge on any atom is -0.478 e. The molecule has 26 heavy (non-hydrogen) atoms. The van der Waals surface area contributed by atoms with Gasteiger partial charge in [0.1, 0.15) is 0 Å². The fourth-order valence-corrected chi connectivity index (χ4v) is 6.88. The van der Waals surface area contributed by atoms with Crippen LogP contribution in [-0.4, -0.2) is 34.7 Å². The van der Waals surface area contributed by atoms with Crippen LogP contribution in [0.4, 0.5) is 11.4 Å². The summed E-state index contributed by atoms with van der Waals surface area (Å²) in [6.07, 6.45) is 0. The van der Waals surface area contributed by atoms with Gasteiger partial charge in [0.15, 0.2) is 0 Å². The Bertz CT molecular complexity index is 765. The third kappa shape index (κ3) is 4.35. The van der Waals surface area contributed by atoms with Gasteiger partial charge in [-0.15, -0.1) is 0 Å². The highest BCUT2D eigenvalue weighted by atomic mass is 127. The first-order valence-electron chi connectivity index (χ1n) is 6.90. The van der Waals surface area contributed by atoms with Gasteiger partial charge in [0.25, 0.3) is 0 Å². The Hall–Kier alpha value is -0.840. The van der Waals surface area contributed by atoms with Gasteiger partial charge in [-0.1, -0.05) is 0 Å². The molecule has 0 radical (unpaired) electrons. The number of rotatable bonds is 3. The second kappa shape index (κ2) is 8.90. The van der Waals surface area contributed by atoms with Gasteiger partial charge in [-0.3, -0.25) is 19.2 Å². The highest BCUT2D eigenvalue weighted by Crippen LogP contribution is 2.42. The van der Waals surface area contributed by atoms with Gasteiger partial charge >= 0.3 is 5.97 Å². The second-order valence-electron chi connectivity index (χ2n) is 5.07. The predicted octanol–water partition coefficient (Wildman–Crippen LogP) is 3.00. The van der Waals surface area contributed by atoms with Crippen molar-refractivity contribution in [2.24, 2.45) is 0 Å². The number of carbonyl (C=O) groups excluding carboxylic acids is 4. The van der Waals surface area contributed by atoms with Crippen molar-refractivity contribution in [3.8, 4) is 0 Å². The number of carbonyl (C=O) groups is 5. The van der Waals surface area contributed by atoms with Crippen molar-refractivity contribution >= 4 is 109 Å². The Labute approximate surface area is 190 Å². The summed E-state index contributed by atoms with van der Waals surface area (Å²) in [5.74, 6) is -3.78. The zero-order chi connectivity index (χ0) is 20.5. The maximum Gasteiger partial charge on any atom is 0.338 e. The molecule has 0 unspecified atom stereocenters. The fraction of sp³-hybridized carbons (Fsp3) is 0.267. The van der Waals surface area contributed by atoms with E-state index in [1.165, 1.54) is 27.7 Å². The number of halogens is 3. The molecule has 11 heteroatoms. The van der Waals surface area contributed by atoms with Crippen LogP contribution in [0.1, 0.15) is 38.1 Å². The summed E-state index contributed by atoms with van der Waals surface area (Å²) in [6.45, 7) is 4.66. The van der Waals surface area contributed by atoms with Gasteiger partial charge in [0.2, 0.25) is 23.6 Å². The zero-order valence-electron chi connectivity index (χ0n) is 14.0. The topological polar surface area (TPSA) is 112 Å². The molecule has 1 N–H and O–H groups in total. The molecule has 1 aromatic rings. The highest BCUT2D eigenvalue weighted by molar-refractivity contribution is 14.1. The lowest BCUT2D eigenvalue weighted by Crippen LogP contribution is -2.38. The lowest BCUT2D eigenvalue weighted by Gasteiger charge is -2.28. The van der Waals surface area contributed by atoms with Crippen LogP contribution in [0.2, 0.25) is 0 Å². The van der Waals surface area contributed by atoms with Crippen molar-refractivity contribution in [3.63, 3.8) is 0 Å². The molecule has 0 aromatic heterocycles. The maximum absolute atomic E-state index is 12.0. The van der Waals surface area contributed by atoms with Crippen LogP contribution >= 0.6 is 67.8 Å². The number of hydrogen-bond donors (Lipinski definition) is 1.